The van der Waals surface area contributed by atoms with Crippen molar-refractivity contribution in [2.75, 3.05) is 18.0 Å². The second-order valence-electron chi connectivity index (χ2n) is 7.11. The van der Waals surface area contributed by atoms with E-state index in [1.165, 1.54) is 12.1 Å². The number of carbonyl (C=O) groups is 1. The monoisotopic (exact) mass is 319 g/mol. The summed E-state index contributed by atoms with van der Waals surface area (Å²) in [5.74, 6) is 0. The van der Waals surface area contributed by atoms with Gasteiger partial charge in [-0.25, -0.2) is 4.79 Å². The molecule has 3 heterocycles. The zero-order valence-corrected chi connectivity index (χ0v) is 13.6. The summed E-state index contributed by atoms with van der Waals surface area (Å²) in [7, 11) is 0. The Hall–Kier alpha value is -2.31. The van der Waals surface area contributed by atoms with Crippen LogP contribution in [0.25, 0.3) is 0 Å². The smallest absolute Gasteiger partial charge is 0.410 e. The first-order valence-electron chi connectivity index (χ1n) is 7.75. The first kappa shape index (κ1) is 15.6. The van der Waals surface area contributed by atoms with Gasteiger partial charge in [-0.3, -0.25) is 15.0 Å². The number of benzene rings is 1. The number of anilines is 1. The van der Waals surface area contributed by atoms with Gasteiger partial charge < -0.3 is 9.64 Å². The third kappa shape index (κ3) is 3.09. The highest BCUT2D eigenvalue weighted by Crippen LogP contribution is 2.36. The van der Waals surface area contributed by atoms with Crippen molar-refractivity contribution >= 4 is 17.5 Å². The van der Waals surface area contributed by atoms with Crippen LogP contribution in [0, 0.1) is 10.1 Å². The van der Waals surface area contributed by atoms with Crippen molar-refractivity contribution in [3.8, 4) is 0 Å². The van der Waals surface area contributed by atoms with Gasteiger partial charge in [0.05, 0.1) is 17.0 Å². The second-order valence-corrected chi connectivity index (χ2v) is 7.11. The van der Waals surface area contributed by atoms with Gasteiger partial charge >= 0.3 is 6.09 Å². The number of ether oxygens (including phenoxy) is 1. The molecule has 3 aliphatic rings. The lowest BCUT2D eigenvalue weighted by Gasteiger charge is -2.56. The van der Waals surface area contributed by atoms with Crippen LogP contribution in [0.2, 0.25) is 0 Å². The number of nitro groups is 1. The van der Waals surface area contributed by atoms with Crippen molar-refractivity contribution in [1.29, 1.82) is 0 Å². The molecule has 124 valence electrons. The number of piperidine rings is 1. The lowest BCUT2D eigenvalue weighted by atomic mass is 9.87. The van der Waals surface area contributed by atoms with E-state index in [2.05, 4.69) is 4.90 Å². The molecule has 0 N–H and O–H groups in total. The summed E-state index contributed by atoms with van der Waals surface area (Å²) in [6.45, 7) is 7.05. The fourth-order valence-corrected chi connectivity index (χ4v) is 3.22. The van der Waals surface area contributed by atoms with Gasteiger partial charge in [0.1, 0.15) is 5.60 Å². The molecule has 3 saturated heterocycles. The van der Waals surface area contributed by atoms with E-state index in [9.17, 15) is 14.9 Å². The molecule has 0 radical (unpaired) electrons. The highest BCUT2D eigenvalue weighted by atomic mass is 16.6. The average Bonchev–Trinajstić information content (AvgIpc) is 2.45. The molecule has 1 aromatic carbocycles. The van der Waals surface area contributed by atoms with E-state index in [0.29, 0.717) is 0 Å². The standard InChI is InChI=1S/C16H21N3O4/c1-16(2,3)23-15(20)18-13-8-14(18)10-17(9-13)11-4-6-12(7-5-11)19(21)22/h4-7,13-14H,8-10H2,1-3H3. The number of carbonyl (C=O) groups excluding carboxylic acids is 1. The third-order valence-corrected chi connectivity index (χ3v) is 4.22. The molecule has 1 amide bonds. The van der Waals surface area contributed by atoms with E-state index in [0.717, 1.165) is 25.2 Å². The Morgan fingerprint density at radius 3 is 2.26 bits per heavy atom. The molecular weight excluding hydrogens is 298 g/mol. The largest absolute Gasteiger partial charge is 0.444 e. The van der Waals surface area contributed by atoms with Gasteiger partial charge in [0.25, 0.3) is 5.69 Å². The number of amides is 1. The fraction of sp³-hybridized carbons (Fsp3) is 0.562. The second kappa shape index (κ2) is 5.40. The van der Waals surface area contributed by atoms with Crippen LogP contribution < -0.4 is 4.90 Å². The van der Waals surface area contributed by atoms with E-state index in [1.54, 1.807) is 12.1 Å². The summed E-state index contributed by atoms with van der Waals surface area (Å²) in [4.78, 5) is 26.5. The van der Waals surface area contributed by atoms with Crippen molar-refractivity contribution in [3.05, 3.63) is 34.4 Å². The van der Waals surface area contributed by atoms with Crippen molar-refractivity contribution < 1.29 is 14.5 Å². The van der Waals surface area contributed by atoms with Crippen LogP contribution >= 0.6 is 0 Å². The number of rotatable bonds is 2. The van der Waals surface area contributed by atoms with Crippen LogP contribution in [0.15, 0.2) is 24.3 Å². The highest BCUT2D eigenvalue weighted by Gasteiger charge is 2.48. The maximum absolute atomic E-state index is 12.2. The Kier molecular flexibility index (Phi) is 3.66. The van der Waals surface area contributed by atoms with E-state index >= 15 is 0 Å². The Balaban J connectivity index is 1.64. The molecule has 7 nitrogen and oxygen atoms in total. The van der Waals surface area contributed by atoms with Crippen molar-refractivity contribution in [1.82, 2.24) is 4.90 Å². The fourth-order valence-electron chi connectivity index (χ4n) is 3.22. The Morgan fingerprint density at radius 1 is 1.22 bits per heavy atom. The van der Waals surface area contributed by atoms with Crippen LogP contribution in [0.5, 0.6) is 0 Å². The van der Waals surface area contributed by atoms with Crippen molar-refractivity contribution in [2.45, 2.75) is 44.9 Å². The number of hydrogen-bond donors (Lipinski definition) is 0. The lowest BCUT2D eigenvalue weighted by Crippen LogP contribution is -2.70. The number of non-ortho nitro benzene ring substituents is 1. The average molecular weight is 319 g/mol. The Bertz CT molecular complexity index is 611. The van der Waals surface area contributed by atoms with Crippen LogP contribution in [0.4, 0.5) is 16.2 Å². The first-order chi connectivity index (χ1) is 10.7. The summed E-state index contributed by atoms with van der Waals surface area (Å²) >= 11 is 0. The molecule has 3 aliphatic heterocycles. The van der Waals surface area contributed by atoms with Crippen LogP contribution in [-0.4, -0.2) is 46.7 Å². The van der Waals surface area contributed by atoms with E-state index in [1.807, 2.05) is 25.7 Å². The van der Waals surface area contributed by atoms with Gasteiger partial charge in [-0.2, -0.15) is 0 Å². The molecule has 1 aromatic rings. The molecule has 3 fully saturated rings. The van der Waals surface area contributed by atoms with Gasteiger partial charge in [0.2, 0.25) is 0 Å². The van der Waals surface area contributed by atoms with Gasteiger partial charge in [-0.1, -0.05) is 0 Å². The molecule has 0 aliphatic carbocycles. The van der Waals surface area contributed by atoms with Crippen LogP contribution in [-0.2, 0) is 4.74 Å². The molecule has 2 unspecified atom stereocenters. The molecular formula is C16H21N3O4. The number of nitrogens with zero attached hydrogens (tertiary/aromatic N) is 3. The predicted octanol–water partition coefficient (Wildman–Crippen LogP) is 2.79. The topological polar surface area (TPSA) is 75.9 Å². The molecule has 2 atom stereocenters. The van der Waals surface area contributed by atoms with E-state index < -0.39 is 10.5 Å². The summed E-state index contributed by atoms with van der Waals surface area (Å²) in [5, 5.41) is 10.7. The van der Waals surface area contributed by atoms with E-state index in [-0.39, 0.29) is 23.9 Å². The minimum Gasteiger partial charge on any atom is -0.444 e. The van der Waals surface area contributed by atoms with Crippen molar-refractivity contribution in [2.24, 2.45) is 0 Å². The number of nitro benzene ring substituents is 1. The molecule has 2 bridgehead atoms. The minimum atomic E-state index is -0.487. The molecule has 0 saturated carbocycles. The van der Waals surface area contributed by atoms with Crippen molar-refractivity contribution in [3.63, 3.8) is 0 Å². The quantitative estimate of drug-likeness (QED) is 0.619. The zero-order valence-electron chi connectivity index (χ0n) is 13.6. The summed E-state index contributed by atoms with van der Waals surface area (Å²) in [6, 6.07) is 6.86. The molecule has 23 heavy (non-hydrogen) atoms. The predicted molar refractivity (Wildman–Crippen MR) is 85.6 cm³/mol. The first-order valence-corrected chi connectivity index (χ1v) is 7.75. The summed E-state index contributed by atoms with van der Waals surface area (Å²) < 4.78 is 5.45. The van der Waals surface area contributed by atoms with Gasteiger partial charge in [-0.15, -0.1) is 0 Å². The normalized spacial score (nSPS) is 23.3. The number of piperazine rings is 1. The lowest BCUT2D eigenvalue weighted by molar-refractivity contribution is -0.384. The number of hydrogen-bond acceptors (Lipinski definition) is 5. The minimum absolute atomic E-state index is 0.0892. The van der Waals surface area contributed by atoms with E-state index in [4.69, 9.17) is 4.74 Å². The van der Waals surface area contributed by atoms with Gasteiger partial charge in [0, 0.05) is 30.9 Å². The van der Waals surface area contributed by atoms with Crippen LogP contribution in [0.1, 0.15) is 27.2 Å². The highest BCUT2D eigenvalue weighted by molar-refractivity contribution is 5.71. The molecule has 7 heteroatoms. The SMILES string of the molecule is CC(C)(C)OC(=O)N1C2CC1CN(c1ccc([N+](=O)[O-])cc1)C2. The maximum atomic E-state index is 12.2. The Morgan fingerprint density at radius 2 is 1.78 bits per heavy atom. The molecule has 4 rings (SSSR count). The van der Waals surface area contributed by atoms with Gasteiger partial charge in [-0.05, 0) is 39.3 Å². The molecule has 0 aromatic heterocycles. The van der Waals surface area contributed by atoms with Crippen LogP contribution in [0.3, 0.4) is 0 Å². The zero-order chi connectivity index (χ0) is 16.8. The molecule has 0 spiro atoms. The summed E-state index contributed by atoms with van der Waals surface area (Å²) in [6.07, 6.45) is 0.741. The van der Waals surface area contributed by atoms with Gasteiger partial charge in [0.15, 0.2) is 0 Å². The Labute approximate surface area is 135 Å². The summed E-state index contributed by atoms with van der Waals surface area (Å²) in [5.41, 5.74) is 0.555. The third-order valence-electron chi connectivity index (χ3n) is 4.22. The number of fused-ring (bicyclic) bond motifs is 2. The maximum Gasteiger partial charge on any atom is 0.410 e.